The van der Waals surface area contributed by atoms with Gasteiger partial charge in [0.25, 0.3) is 0 Å². The Hall–Kier alpha value is -3.54. The number of halogens is 6. The summed E-state index contributed by atoms with van der Waals surface area (Å²) in [5.41, 5.74) is -0.612. The number of allylic oxidation sites excluding steroid dienone is 2. The van der Waals surface area contributed by atoms with Gasteiger partial charge in [0.05, 0.1) is 22.8 Å². The molecule has 194 valence electrons. The molecule has 1 aliphatic carbocycles. The van der Waals surface area contributed by atoms with Crippen molar-refractivity contribution in [2.24, 2.45) is 5.41 Å². The maximum Gasteiger partial charge on any atom is 0.416 e. The smallest absolute Gasteiger partial charge is 0.327 e. The molecular weight excluding hydrogens is 492 g/mol. The zero-order valence-corrected chi connectivity index (χ0v) is 20.2. The van der Waals surface area contributed by atoms with Crippen molar-refractivity contribution in [3.8, 4) is 6.07 Å². The lowest BCUT2D eigenvalue weighted by molar-refractivity contribution is -0.143. The topological polar surface area (TPSA) is 41.6 Å². The second kappa shape index (κ2) is 9.73. The number of nitriles is 1. The number of nitrogens with zero attached hydrogens (tertiary/aromatic N) is 3. The zero-order chi connectivity index (χ0) is 27.0. The molecule has 1 saturated carbocycles. The van der Waals surface area contributed by atoms with E-state index in [2.05, 4.69) is 24.6 Å². The first kappa shape index (κ1) is 26.5. The number of hydrogen-bond donors (Lipinski definition) is 0. The Morgan fingerprint density at radius 1 is 1.14 bits per heavy atom. The number of hydrogen-bond acceptors (Lipinski definition) is 2. The molecule has 4 rings (SSSR count). The molecular formula is C28H25F6N3. The molecule has 1 fully saturated rings. The van der Waals surface area contributed by atoms with E-state index in [9.17, 15) is 31.6 Å². The lowest BCUT2D eigenvalue weighted by Gasteiger charge is -2.38. The Balaban J connectivity index is 1.69. The van der Waals surface area contributed by atoms with Crippen molar-refractivity contribution in [3.05, 3.63) is 82.7 Å². The van der Waals surface area contributed by atoms with Gasteiger partial charge in [0.15, 0.2) is 0 Å². The molecule has 0 saturated heterocycles. The maximum atomic E-state index is 13.3. The van der Waals surface area contributed by atoms with Crippen molar-refractivity contribution >= 4 is 17.1 Å². The summed E-state index contributed by atoms with van der Waals surface area (Å²) in [6.45, 7) is 6.03. The van der Waals surface area contributed by atoms with Crippen LogP contribution in [0.1, 0.15) is 61.3 Å². The molecule has 0 atom stereocenters. The van der Waals surface area contributed by atoms with Crippen molar-refractivity contribution in [2.45, 2.75) is 57.9 Å². The molecule has 0 amide bonds. The summed E-state index contributed by atoms with van der Waals surface area (Å²) < 4.78 is 81.4. The molecule has 0 bridgehead atoms. The molecule has 2 heterocycles. The number of aromatic nitrogens is 2. The monoisotopic (exact) mass is 517 g/mol. The fraction of sp³-hybridized carbons (Fsp3) is 0.357. The lowest BCUT2D eigenvalue weighted by Crippen LogP contribution is -2.25. The van der Waals surface area contributed by atoms with Gasteiger partial charge in [0.1, 0.15) is 5.65 Å². The largest absolute Gasteiger partial charge is 0.416 e. The van der Waals surface area contributed by atoms with Gasteiger partial charge in [-0.15, -0.1) is 0 Å². The first-order valence-corrected chi connectivity index (χ1v) is 11.8. The van der Waals surface area contributed by atoms with Crippen molar-refractivity contribution in [2.75, 3.05) is 0 Å². The minimum atomic E-state index is -4.93. The molecule has 0 radical (unpaired) electrons. The Morgan fingerprint density at radius 3 is 2.32 bits per heavy atom. The van der Waals surface area contributed by atoms with Gasteiger partial charge in [-0.1, -0.05) is 19.9 Å². The van der Waals surface area contributed by atoms with Crippen LogP contribution in [-0.4, -0.2) is 9.55 Å². The molecule has 1 aliphatic rings. The second-order valence-corrected chi connectivity index (χ2v) is 9.94. The standard InChI is InChI=1S/C28H25F6N3/c1-18(6-9-26(2)7-4-8-26)20(15-35)13-21-17-37(25-24(21)5-3-10-36-25)16-19-11-22(27(29,30)31)14-23(12-19)28(32,33)34/h3,5,10-14,17H,1,4,6-9,16H2,2H3/b20-13+. The molecule has 0 aliphatic heterocycles. The summed E-state index contributed by atoms with van der Waals surface area (Å²) in [5.74, 6) is 0. The molecule has 2 aromatic heterocycles. The molecule has 3 aromatic rings. The van der Waals surface area contributed by atoms with Crippen molar-refractivity contribution < 1.29 is 26.3 Å². The Labute approximate surface area is 210 Å². The highest BCUT2D eigenvalue weighted by Gasteiger charge is 2.37. The van der Waals surface area contributed by atoms with Gasteiger partial charge >= 0.3 is 12.4 Å². The van der Waals surface area contributed by atoms with Gasteiger partial charge in [-0.2, -0.15) is 31.6 Å². The highest BCUT2D eigenvalue weighted by molar-refractivity contribution is 5.88. The van der Waals surface area contributed by atoms with Crippen LogP contribution in [0.25, 0.3) is 17.1 Å². The minimum absolute atomic E-state index is 0.110. The van der Waals surface area contributed by atoms with E-state index in [0.717, 1.165) is 19.3 Å². The first-order chi connectivity index (χ1) is 17.3. The first-order valence-electron chi connectivity index (χ1n) is 11.8. The van der Waals surface area contributed by atoms with Crippen LogP contribution in [0.2, 0.25) is 0 Å². The van der Waals surface area contributed by atoms with Crippen molar-refractivity contribution in [1.82, 2.24) is 9.55 Å². The number of benzene rings is 1. The fourth-order valence-electron chi connectivity index (χ4n) is 4.68. The van der Waals surface area contributed by atoms with Gasteiger partial charge in [-0.3, -0.25) is 0 Å². The van der Waals surface area contributed by atoms with Crippen LogP contribution in [0.5, 0.6) is 0 Å². The number of fused-ring (bicyclic) bond motifs is 1. The molecule has 0 N–H and O–H groups in total. The SMILES string of the molecule is C=C(CCC1(C)CCC1)/C(C#N)=C/c1cn(Cc2cc(C(F)(F)F)cc(C(F)(F)F)c2)c2ncccc12. The van der Waals surface area contributed by atoms with Crippen LogP contribution in [0.3, 0.4) is 0 Å². The fourth-order valence-corrected chi connectivity index (χ4v) is 4.68. The molecule has 0 spiro atoms. The van der Waals surface area contributed by atoms with E-state index >= 15 is 0 Å². The van der Waals surface area contributed by atoms with Gasteiger partial charge in [-0.25, -0.2) is 4.98 Å². The Morgan fingerprint density at radius 2 is 1.78 bits per heavy atom. The average molecular weight is 518 g/mol. The van der Waals surface area contributed by atoms with Crippen LogP contribution < -0.4 is 0 Å². The third-order valence-electron chi connectivity index (χ3n) is 7.06. The predicted octanol–water partition coefficient (Wildman–Crippen LogP) is 8.56. The molecule has 3 nitrogen and oxygen atoms in total. The molecule has 1 aromatic carbocycles. The predicted molar refractivity (Wildman–Crippen MR) is 129 cm³/mol. The highest BCUT2D eigenvalue weighted by Crippen LogP contribution is 2.45. The summed E-state index contributed by atoms with van der Waals surface area (Å²) in [4.78, 5) is 4.29. The normalized spacial score (nSPS) is 15.9. The van der Waals surface area contributed by atoms with E-state index in [4.69, 9.17) is 0 Å². The lowest BCUT2D eigenvalue weighted by atomic mass is 9.67. The van der Waals surface area contributed by atoms with Crippen molar-refractivity contribution in [1.29, 1.82) is 5.26 Å². The summed E-state index contributed by atoms with van der Waals surface area (Å²) in [7, 11) is 0. The summed E-state index contributed by atoms with van der Waals surface area (Å²) in [6.07, 6.45) is -0.0487. The van der Waals surface area contributed by atoms with Gasteiger partial charge in [0, 0.05) is 29.9 Å². The Kier molecular flexibility index (Phi) is 6.97. The van der Waals surface area contributed by atoms with Crippen LogP contribution in [0.15, 0.2) is 60.5 Å². The van der Waals surface area contributed by atoms with E-state index in [1.807, 2.05) is 0 Å². The van der Waals surface area contributed by atoms with Crippen molar-refractivity contribution in [3.63, 3.8) is 0 Å². The summed E-state index contributed by atoms with van der Waals surface area (Å²) in [6, 6.07) is 7.12. The molecule has 0 unspecified atom stereocenters. The van der Waals surface area contributed by atoms with Gasteiger partial charge in [-0.05, 0) is 78.6 Å². The van der Waals surface area contributed by atoms with Crippen LogP contribution in [0.4, 0.5) is 26.3 Å². The average Bonchev–Trinajstić information content (AvgIpc) is 3.15. The Bertz CT molecular complexity index is 1370. The number of alkyl halides is 6. The third kappa shape index (κ3) is 5.90. The van der Waals surface area contributed by atoms with Gasteiger partial charge in [0.2, 0.25) is 0 Å². The molecule has 9 heteroatoms. The second-order valence-electron chi connectivity index (χ2n) is 9.94. The van der Waals surface area contributed by atoms with E-state index in [1.165, 1.54) is 17.2 Å². The maximum absolute atomic E-state index is 13.3. The summed E-state index contributed by atoms with van der Waals surface area (Å²) >= 11 is 0. The van der Waals surface area contributed by atoms with Crippen LogP contribution in [0, 0.1) is 16.7 Å². The van der Waals surface area contributed by atoms with Crippen LogP contribution in [-0.2, 0) is 18.9 Å². The minimum Gasteiger partial charge on any atom is -0.327 e. The van der Waals surface area contributed by atoms with E-state index in [-0.39, 0.29) is 23.6 Å². The number of rotatable bonds is 7. The zero-order valence-electron chi connectivity index (χ0n) is 20.2. The highest BCUT2D eigenvalue weighted by atomic mass is 19.4. The summed E-state index contributed by atoms with van der Waals surface area (Å²) in [5, 5.41) is 10.4. The molecule has 37 heavy (non-hydrogen) atoms. The quantitative estimate of drug-likeness (QED) is 0.179. The van der Waals surface area contributed by atoms with Gasteiger partial charge < -0.3 is 4.57 Å². The van der Waals surface area contributed by atoms with Crippen LogP contribution >= 0.6 is 0 Å². The van der Waals surface area contributed by atoms with E-state index in [1.54, 1.807) is 24.4 Å². The number of pyridine rings is 1. The van der Waals surface area contributed by atoms with E-state index < -0.39 is 23.5 Å². The third-order valence-corrected chi connectivity index (χ3v) is 7.06. The van der Waals surface area contributed by atoms with E-state index in [0.29, 0.717) is 46.3 Å².